The highest BCUT2D eigenvalue weighted by Gasteiger charge is 2.30. The van der Waals surface area contributed by atoms with Crippen LogP contribution >= 0.6 is 18.7 Å². The van der Waals surface area contributed by atoms with Crippen molar-refractivity contribution in [3.05, 3.63) is 40.8 Å². The molecule has 1 N–H and O–H groups in total. The van der Waals surface area contributed by atoms with E-state index in [1.807, 2.05) is 18.2 Å². The molecule has 33 heavy (non-hydrogen) atoms. The molecule has 3 aromatic rings. The number of imidazole rings is 1. The van der Waals surface area contributed by atoms with Gasteiger partial charge in [0.15, 0.2) is 11.5 Å². The third kappa shape index (κ3) is 4.53. The Morgan fingerprint density at radius 2 is 1.94 bits per heavy atom. The molecule has 6 nitrogen and oxygen atoms in total. The van der Waals surface area contributed by atoms with Gasteiger partial charge in [0.1, 0.15) is 24.0 Å². The van der Waals surface area contributed by atoms with E-state index in [4.69, 9.17) is 16.3 Å². The van der Waals surface area contributed by atoms with E-state index in [0.717, 1.165) is 31.0 Å². The van der Waals surface area contributed by atoms with Crippen molar-refractivity contribution in [1.29, 1.82) is 0 Å². The van der Waals surface area contributed by atoms with Crippen LogP contribution in [0.1, 0.15) is 62.1 Å². The lowest BCUT2D eigenvalue weighted by Crippen LogP contribution is -2.20. The van der Waals surface area contributed by atoms with Crippen molar-refractivity contribution >= 4 is 46.6 Å². The Bertz CT molecular complexity index is 1250. The number of hydrogen-bond donors (Lipinski definition) is 1. The molecule has 2 aromatic heterocycles. The Kier molecular flexibility index (Phi) is 5.96. The van der Waals surface area contributed by atoms with Gasteiger partial charge in [0.2, 0.25) is 0 Å². The van der Waals surface area contributed by atoms with Crippen molar-refractivity contribution in [2.45, 2.75) is 50.7 Å². The zero-order chi connectivity index (χ0) is 23.3. The van der Waals surface area contributed by atoms with Crippen molar-refractivity contribution in [1.82, 2.24) is 14.5 Å². The van der Waals surface area contributed by atoms with E-state index in [0.29, 0.717) is 30.3 Å². The summed E-state index contributed by atoms with van der Waals surface area (Å²) in [6.45, 7) is 3.95. The number of nitrogens with zero attached hydrogens (tertiary/aromatic N) is 3. The molecule has 1 atom stereocenters. The number of hydrogen-bond acceptors (Lipinski definition) is 5. The van der Waals surface area contributed by atoms with Gasteiger partial charge in [-0.3, -0.25) is 4.57 Å². The van der Waals surface area contributed by atoms with Crippen molar-refractivity contribution < 1.29 is 18.1 Å². The molecule has 176 valence electrons. The second-order valence-corrected chi connectivity index (χ2v) is 12.7. The zero-order valence-corrected chi connectivity index (χ0v) is 20.2. The SMILES string of the molecule is CP(C)(=O)c1cc(C2CC2)ccc1Nc1cc(Cl)nc2c1nc(C(F)F)n2C1CCCCO1. The molecule has 0 bridgehead atoms. The second kappa shape index (κ2) is 8.64. The van der Waals surface area contributed by atoms with Crippen molar-refractivity contribution in [2.24, 2.45) is 0 Å². The lowest BCUT2D eigenvalue weighted by molar-refractivity contribution is -0.0363. The number of nitrogens with one attached hydrogen (secondary N) is 1. The van der Waals surface area contributed by atoms with Crippen LogP contribution in [0.4, 0.5) is 20.2 Å². The van der Waals surface area contributed by atoms with Crippen LogP contribution < -0.4 is 10.6 Å². The molecule has 3 heterocycles. The molecule has 2 fully saturated rings. The lowest BCUT2D eigenvalue weighted by Gasteiger charge is -2.25. The number of halogens is 3. The van der Waals surface area contributed by atoms with Gasteiger partial charge in [-0.25, -0.2) is 18.7 Å². The Balaban J connectivity index is 1.63. The Hall–Kier alpha value is -2.02. The number of rotatable bonds is 6. The first kappa shape index (κ1) is 22.8. The van der Waals surface area contributed by atoms with E-state index >= 15 is 0 Å². The average molecular weight is 495 g/mol. The monoisotopic (exact) mass is 494 g/mol. The van der Waals surface area contributed by atoms with E-state index in [2.05, 4.69) is 15.3 Å². The first-order valence-corrected chi connectivity index (χ1v) is 14.1. The highest BCUT2D eigenvalue weighted by Crippen LogP contribution is 2.45. The van der Waals surface area contributed by atoms with Gasteiger partial charge in [-0.05, 0) is 69.0 Å². The largest absolute Gasteiger partial charge is 0.358 e. The minimum Gasteiger partial charge on any atom is -0.358 e. The molecule has 0 amide bonds. The lowest BCUT2D eigenvalue weighted by atomic mass is 10.1. The maximum absolute atomic E-state index is 14.0. The fourth-order valence-corrected chi connectivity index (χ4v) is 5.79. The van der Waals surface area contributed by atoms with Gasteiger partial charge < -0.3 is 14.6 Å². The summed E-state index contributed by atoms with van der Waals surface area (Å²) >= 11 is 6.32. The molecule has 0 radical (unpaired) electrons. The standard InChI is InChI=1S/C23H26ClF2N4O2P/c1-33(2,31)17-11-14(13-6-7-13)8-9-15(17)27-16-12-18(24)28-22-20(16)29-23(21(25)26)30(22)19-5-3-4-10-32-19/h8-9,11-13,19,21H,3-7,10H2,1-2H3,(H,27,28). The van der Waals surface area contributed by atoms with Gasteiger partial charge in [-0.2, -0.15) is 0 Å². The first-order chi connectivity index (χ1) is 15.7. The maximum atomic E-state index is 14.0. The van der Waals surface area contributed by atoms with Crippen LogP contribution in [0.15, 0.2) is 24.3 Å². The number of pyridine rings is 1. The summed E-state index contributed by atoms with van der Waals surface area (Å²) in [5.41, 5.74) is 2.80. The summed E-state index contributed by atoms with van der Waals surface area (Å²) < 4.78 is 48.2. The van der Waals surface area contributed by atoms with Crippen LogP contribution in [0.2, 0.25) is 5.15 Å². The van der Waals surface area contributed by atoms with E-state index < -0.39 is 25.6 Å². The number of aromatic nitrogens is 3. The van der Waals surface area contributed by atoms with Gasteiger partial charge >= 0.3 is 0 Å². The maximum Gasteiger partial charge on any atom is 0.295 e. The predicted molar refractivity (Wildman–Crippen MR) is 127 cm³/mol. The molecule has 5 rings (SSSR count). The van der Waals surface area contributed by atoms with Gasteiger partial charge in [0.05, 0.1) is 5.69 Å². The van der Waals surface area contributed by atoms with Gasteiger partial charge in [-0.15, -0.1) is 0 Å². The third-order valence-corrected chi connectivity index (χ3v) is 7.93. The van der Waals surface area contributed by atoms with Crippen LogP contribution in [-0.4, -0.2) is 34.5 Å². The fraction of sp³-hybridized carbons (Fsp3) is 0.478. The first-order valence-electron chi connectivity index (χ1n) is 11.2. The van der Waals surface area contributed by atoms with Gasteiger partial charge in [0, 0.05) is 23.7 Å². The summed E-state index contributed by atoms with van der Waals surface area (Å²) in [7, 11) is -2.62. The van der Waals surface area contributed by atoms with Crippen molar-refractivity contribution in [2.75, 3.05) is 25.3 Å². The average Bonchev–Trinajstić information content (AvgIpc) is 3.54. The van der Waals surface area contributed by atoms with Crippen LogP contribution in [-0.2, 0) is 9.30 Å². The summed E-state index contributed by atoms with van der Waals surface area (Å²) in [4.78, 5) is 8.58. The van der Waals surface area contributed by atoms with Gasteiger partial charge in [0.25, 0.3) is 6.43 Å². The molecule has 1 aliphatic carbocycles. The molecule has 2 aliphatic rings. The van der Waals surface area contributed by atoms with Crippen LogP contribution in [0.5, 0.6) is 0 Å². The quantitative estimate of drug-likeness (QED) is 0.309. The van der Waals surface area contributed by atoms with E-state index in [1.54, 1.807) is 19.4 Å². The normalized spacial score (nSPS) is 19.4. The Labute approximate surface area is 196 Å². The highest BCUT2D eigenvalue weighted by atomic mass is 35.5. The molecule has 1 aliphatic heterocycles. The van der Waals surface area contributed by atoms with Crippen molar-refractivity contribution in [3.63, 3.8) is 0 Å². The van der Waals surface area contributed by atoms with E-state index in [1.165, 1.54) is 10.1 Å². The molecular weight excluding hydrogens is 469 g/mol. The molecule has 1 saturated heterocycles. The van der Waals surface area contributed by atoms with Crippen LogP contribution in [0.25, 0.3) is 11.2 Å². The number of fused-ring (bicyclic) bond motifs is 1. The number of anilines is 2. The minimum atomic E-state index is -2.80. The topological polar surface area (TPSA) is 69.0 Å². The van der Waals surface area contributed by atoms with Crippen LogP contribution in [0.3, 0.4) is 0 Å². The number of alkyl halides is 2. The Morgan fingerprint density at radius 3 is 2.58 bits per heavy atom. The minimum absolute atomic E-state index is 0.148. The summed E-state index contributed by atoms with van der Waals surface area (Å²) in [5.74, 6) is 0.127. The van der Waals surface area contributed by atoms with E-state index in [-0.39, 0.29) is 16.3 Å². The zero-order valence-electron chi connectivity index (χ0n) is 18.5. The molecule has 10 heteroatoms. The summed E-state index contributed by atoms with van der Waals surface area (Å²) in [6.07, 6.45) is 1.29. The molecule has 0 spiro atoms. The smallest absolute Gasteiger partial charge is 0.295 e. The fourth-order valence-electron chi connectivity index (χ4n) is 4.43. The van der Waals surface area contributed by atoms with Crippen LogP contribution in [0, 0.1) is 0 Å². The summed E-state index contributed by atoms with van der Waals surface area (Å²) in [6, 6.07) is 7.49. The molecule has 1 unspecified atom stereocenters. The molecule has 1 saturated carbocycles. The van der Waals surface area contributed by atoms with E-state index in [9.17, 15) is 13.3 Å². The van der Waals surface area contributed by atoms with Crippen molar-refractivity contribution in [3.8, 4) is 0 Å². The number of ether oxygens (including phenoxy) is 1. The third-order valence-electron chi connectivity index (χ3n) is 6.20. The summed E-state index contributed by atoms with van der Waals surface area (Å²) in [5, 5.41) is 4.14. The Morgan fingerprint density at radius 1 is 1.15 bits per heavy atom. The molecule has 1 aromatic carbocycles. The molecular formula is C23H26ClF2N4O2P. The highest BCUT2D eigenvalue weighted by molar-refractivity contribution is 7.70. The number of benzene rings is 1. The second-order valence-electron chi connectivity index (χ2n) is 9.15. The predicted octanol–water partition coefficient (Wildman–Crippen LogP) is 6.59. The van der Waals surface area contributed by atoms with Gasteiger partial charge in [-0.1, -0.05) is 17.7 Å².